The highest BCUT2D eigenvalue weighted by molar-refractivity contribution is 6.42. The van der Waals surface area contributed by atoms with E-state index in [2.05, 4.69) is 4.98 Å². The first-order valence-electron chi connectivity index (χ1n) is 6.43. The molecule has 3 rings (SSSR count). The van der Waals surface area contributed by atoms with Crippen LogP contribution >= 0.6 is 23.2 Å². The summed E-state index contributed by atoms with van der Waals surface area (Å²) < 4.78 is 13.5. The molecule has 0 radical (unpaired) electrons. The van der Waals surface area contributed by atoms with Crippen molar-refractivity contribution in [3.8, 4) is 0 Å². The molecule has 3 nitrogen and oxygen atoms in total. The number of carbonyl (C=O) groups is 1. The van der Waals surface area contributed by atoms with Crippen molar-refractivity contribution in [1.82, 2.24) is 4.98 Å². The van der Waals surface area contributed by atoms with Gasteiger partial charge in [-0.05, 0) is 41.5 Å². The van der Waals surface area contributed by atoms with Gasteiger partial charge in [-0.25, -0.2) is 9.18 Å². The number of rotatable bonds is 3. The molecule has 0 amide bonds. The third-order valence-electron chi connectivity index (χ3n) is 3.45. The lowest BCUT2D eigenvalue weighted by molar-refractivity contribution is 0.0690. The van der Waals surface area contributed by atoms with E-state index in [0.29, 0.717) is 32.9 Å². The van der Waals surface area contributed by atoms with Crippen LogP contribution in [0.1, 0.15) is 21.6 Å². The number of hydrogen-bond acceptors (Lipinski definition) is 1. The summed E-state index contributed by atoms with van der Waals surface area (Å²) in [5.74, 6) is -1.51. The van der Waals surface area contributed by atoms with Crippen LogP contribution in [0.3, 0.4) is 0 Å². The first-order valence-corrected chi connectivity index (χ1v) is 7.18. The maximum absolute atomic E-state index is 13.5. The normalized spacial score (nSPS) is 11.0. The predicted octanol–water partition coefficient (Wildman–Crippen LogP) is 4.90. The average molecular weight is 338 g/mol. The molecule has 0 atom stereocenters. The predicted molar refractivity (Wildman–Crippen MR) is 84.5 cm³/mol. The molecule has 112 valence electrons. The molecule has 22 heavy (non-hydrogen) atoms. The zero-order valence-electron chi connectivity index (χ0n) is 11.2. The minimum atomic E-state index is -1.09. The number of nitrogens with one attached hydrogen (secondary N) is 1. The SMILES string of the molecule is O=C(O)c1[nH]c2ccc(F)cc2c1Cc1ccc(Cl)c(Cl)c1. The Hall–Kier alpha value is -2.04. The maximum Gasteiger partial charge on any atom is 0.352 e. The van der Waals surface area contributed by atoms with Crippen molar-refractivity contribution in [1.29, 1.82) is 0 Å². The highest BCUT2D eigenvalue weighted by Crippen LogP contribution is 2.29. The Bertz CT molecular complexity index is 889. The molecule has 1 aromatic heterocycles. The van der Waals surface area contributed by atoms with Crippen molar-refractivity contribution >= 4 is 40.1 Å². The van der Waals surface area contributed by atoms with Gasteiger partial charge in [0.15, 0.2) is 0 Å². The maximum atomic E-state index is 13.5. The summed E-state index contributed by atoms with van der Waals surface area (Å²) in [4.78, 5) is 14.2. The number of hydrogen-bond donors (Lipinski definition) is 2. The number of benzene rings is 2. The van der Waals surface area contributed by atoms with Crippen LogP contribution in [0.15, 0.2) is 36.4 Å². The number of aromatic amines is 1. The number of carboxylic acids is 1. The number of H-pyrrole nitrogens is 1. The van der Waals surface area contributed by atoms with Gasteiger partial charge in [-0.3, -0.25) is 0 Å². The summed E-state index contributed by atoms with van der Waals surface area (Å²) in [6.45, 7) is 0. The van der Waals surface area contributed by atoms with Crippen molar-refractivity contribution < 1.29 is 14.3 Å². The second-order valence-electron chi connectivity index (χ2n) is 4.90. The number of fused-ring (bicyclic) bond motifs is 1. The Balaban J connectivity index is 2.15. The number of aromatic nitrogens is 1. The zero-order chi connectivity index (χ0) is 15.9. The van der Waals surface area contributed by atoms with Crippen LogP contribution in [0.2, 0.25) is 10.0 Å². The quantitative estimate of drug-likeness (QED) is 0.713. The van der Waals surface area contributed by atoms with E-state index in [1.54, 1.807) is 18.2 Å². The molecular formula is C16H10Cl2FNO2. The van der Waals surface area contributed by atoms with E-state index in [-0.39, 0.29) is 5.69 Å². The smallest absolute Gasteiger partial charge is 0.352 e. The third kappa shape index (κ3) is 2.67. The van der Waals surface area contributed by atoms with Gasteiger partial charge in [0.05, 0.1) is 10.0 Å². The van der Waals surface area contributed by atoms with Crippen LogP contribution in [-0.2, 0) is 6.42 Å². The summed E-state index contributed by atoms with van der Waals surface area (Å²) >= 11 is 11.9. The molecule has 2 aromatic carbocycles. The molecule has 2 N–H and O–H groups in total. The second kappa shape index (κ2) is 5.63. The van der Waals surface area contributed by atoms with Crippen LogP contribution in [-0.4, -0.2) is 16.1 Å². The zero-order valence-corrected chi connectivity index (χ0v) is 12.7. The molecule has 0 bridgehead atoms. The van der Waals surface area contributed by atoms with Crippen LogP contribution in [0.5, 0.6) is 0 Å². The van der Waals surface area contributed by atoms with E-state index < -0.39 is 11.8 Å². The minimum absolute atomic E-state index is 0.0478. The second-order valence-corrected chi connectivity index (χ2v) is 5.71. The van der Waals surface area contributed by atoms with Crippen molar-refractivity contribution in [2.45, 2.75) is 6.42 Å². The molecule has 0 saturated carbocycles. The monoisotopic (exact) mass is 337 g/mol. The first kappa shape index (κ1) is 14.9. The molecule has 0 spiro atoms. The van der Waals surface area contributed by atoms with Gasteiger partial charge in [0.1, 0.15) is 11.5 Å². The molecule has 0 aliphatic carbocycles. The van der Waals surface area contributed by atoms with Crippen molar-refractivity contribution in [3.05, 3.63) is 69.1 Å². The van der Waals surface area contributed by atoms with E-state index in [0.717, 1.165) is 5.56 Å². The number of halogens is 3. The van der Waals surface area contributed by atoms with Gasteiger partial charge in [-0.1, -0.05) is 29.3 Å². The van der Waals surface area contributed by atoms with E-state index in [1.807, 2.05) is 0 Å². The Morgan fingerprint density at radius 1 is 1.14 bits per heavy atom. The molecule has 0 aliphatic rings. The Morgan fingerprint density at radius 3 is 2.59 bits per heavy atom. The van der Waals surface area contributed by atoms with E-state index >= 15 is 0 Å². The molecule has 0 unspecified atom stereocenters. The minimum Gasteiger partial charge on any atom is -0.477 e. The standard InChI is InChI=1S/C16H10Cl2FNO2/c17-12-3-1-8(6-13(12)18)5-11-10-7-9(19)2-4-14(10)20-15(11)16(21)22/h1-4,6-7,20H,5H2,(H,21,22). The van der Waals surface area contributed by atoms with E-state index in [1.165, 1.54) is 18.2 Å². The molecular weight excluding hydrogens is 328 g/mol. The molecule has 1 heterocycles. The number of carboxylic acid groups (broad SMARTS) is 1. The molecule has 3 aromatic rings. The van der Waals surface area contributed by atoms with Crippen LogP contribution < -0.4 is 0 Å². The lowest BCUT2D eigenvalue weighted by Gasteiger charge is -2.04. The van der Waals surface area contributed by atoms with Gasteiger partial charge >= 0.3 is 5.97 Å². The fourth-order valence-electron chi connectivity index (χ4n) is 2.44. The van der Waals surface area contributed by atoms with Gasteiger partial charge in [0.25, 0.3) is 0 Å². The Morgan fingerprint density at radius 2 is 1.91 bits per heavy atom. The first-order chi connectivity index (χ1) is 10.5. The molecule has 6 heteroatoms. The summed E-state index contributed by atoms with van der Waals surface area (Å²) in [7, 11) is 0. The van der Waals surface area contributed by atoms with Gasteiger partial charge in [-0.15, -0.1) is 0 Å². The summed E-state index contributed by atoms with van der Waals surface area (Å²) in [5.41, 5.74) is 1.93. The van der Waals surface area contributed by atoms with Gasteiger partial charge in [0, 0.05) is 17.3 Å². The number of aromatic carboxylic acids is 1. The van der Waals surface area contributed by atoms with Crippen molar-refractivity contribution in [2.24, 2.45) is 0 Å². The topological polar surface area (TPSA) is 53.1 Å². The van der Waals surface area contributed by atoms with Crippen LogP contribution in [0.25, 0.3) is 10.9 Å². The van der Waals surface area contributed by atoms with Crippen LogP contribution in [0, 0.1) is 5.82 Å². The summed E-state index contributed by atoms with van der Waals surface area (Å²) in [6, 6.07) is 9.22. The van der Waals surface area contributed by atoms with E-state index in [4.69, 9.17) is 23.2 Å². The van der Waals surface area contributed by atoms with E-state index in [9.17, 15) is 14.3 Å². The van der Waals surface area contributed by atoms with Gasteiger partial charge in [0.2, 0.25) is 0 Å². The highest BCUT2D eigenvalue weighted by atomic mass is 35.5. The van der Waals surface area contributed by atoms with Crippen LogP contribution in [0.4, 0.5) is 4.39 Å². The van der Waals surface area contributed by atoms with Crippen molar-refractivity contribution in [3.63, 3.8) is 0 Å². The highest BCUT2D eigenvalue weighted by Gasteiger charge is 2.18. The van der Waals surface area contributed by atoms with Gasteiger partial charge < -0.3 is 10.1 Å². The average Bonchev–Trinajstić information content (AvgIpc) is 2.81. The fourth-order valence-corrected chi connectivity index (χ4v) is 2.76. The lowest BCUT2D eigenvalue weighted by Crippen LogP contribution is -2.02. The Labute approximate surface area is 135 Å². The largest absolute Gasteiger partial charge is 0.477 e. The fraction of sp³-hybridized carbons (Fsp3) is 0.0625. The molecule has 0 fully saturated rings. The molecule has 0 aliphatic heterocycles. The Kier molecular flexibility index (Phi) is 3.81. The van der Waals surface area contributed by atoms with Crippen molar-refractivity contribution in [2.75, 3.05) is 0 Å². The summed E-state index contributed by atoms with van der Waals surface area (Å²) in [5, 5.41) is 10.7. The summed E-state index contributed by atoms with van der Waals surface area (Å²) in [6.07, 6.45) is 0.308. The lowest BCUT2D eigenvalue weighted by atomic mass is 10.0. The molecule has 0 saturated heterocycles. The third-order valence-corrected chi connectivity index (χ3v) is 4.19. The van der Waals surface area contributed by atoms with Gasteiger partial charge in [-0.2, -0.15) is 0 Å².